The zero-order valence-corrected chi connectivity index (χ0v) is 15.4. The Morgan fingerprint density at radius 1 is 1.13 bits per heavy atom. The second-order valence-corrected chi connectivity index (χ2v) is 7.64. The first-order chi connectivity index (χ1) is 10.9. The van der Waals surface area contributed by atoms with Crippen LogP contribution in [0.25, 0.3) is 0 Å². The third-order valence-electron chi connectivity index (χ3n) is 5.29. The van der Waals surface area contributed by atoms with Gasteiger partial charge in [0.2, 0.25) is 0 Å². The first kappa shape index (κ1) is 17.8. The minimum absolute atomic E-state index is 0.322. The highest BCUT2D eigenvalue weighted by atomic mass is 14.3. The van der Waals surface area contributed by atoms with Crippen LogP contribution in [-0.2, 0) is 0 Å². The molecular weight excluding hydrogens is 276 g/mol. The summed E-state index contributed by atoms with van der Waals surface area (Å²) < 4.78 is 0. The molecule has 0 aromatic rings. The summed E-state index contributed by atoms with van der Waals surface area (Å²) in [4.78, 5) is 0. The second kappa shape index (κ2) is 7.81. The Kier molecular flexibility index (Phi) is 6.04. The highest BCUT2D eigenvalue weighted by Crippen LogP contribution is 2.41. The van der Waals surface area contributed by atoms with Crippen molar-refractivity contribution < 1.29 is 0 Å². The lowest BCUT2D eigenvalue weighted by Crippen LogP contribution is -2.19. The molecule has 0 atom stereocenters. The molecule has 2 rings (SSSR count). The maximum atomic E-state index is 3.80. The third kappa shape index (κ3) is 4.70. The Labute approximate surface area is 143 Å². The van der Waals surface area contributed by atoms with Gasteiger partial charge in [0.05, 0.1) is 0 Å². The largest absolute Gasteiger partial charge is 0.0991 e. The molecule has 0 amide bonds. The van der Waals surface area contributed by atoms with Gasteiger partial charge in [0.15, 0.2) is 0 Å². The second-order valence-electron chi connectivity index (χ2n) is 7.64. The quantitative estimate of drug-likeness (QED) is 0.515. The van der Waals surface area contributed by atoms with E-state index < -0.39 is 0 Å². The van der Waals surface area contributed by atoms with Crippen LogP contribution >= 0.6 is 0 Å². The van der Waals surface area contributed by atoms with Crippen LogP contribution in [0.15, 0.2) is 70.9 Å². The summed E-state index contributed by atoms with van der Waals surface area (Å²) in [5.74, 6) is 0. The molecule has 0 spiro atoms. The Morgan fingerprint density at radius 2 is 1.91 bits per heavy atom. The number of allylic oxidation sites excluding steroid dienone is 11. The molecular formula is C23H32. The van der Waals surface area contributed by atoms with E-state index in [1.54, 1.807) is 11.1 Å². The molecule has 0 N–H and O–H groups in total. The van der Waals surface area contributed by atoms with Gasteiger partial charge >= 0.3 is 0 Å². The van der Waals surface area contributed by atoms with Gasteiger partial charge in [-0.15, -0.1) is 0 Å². The van der Waals surface area contributed by atoms with Crippen LogP contribution in [0.5, 0.6) is 0 Å². The monoisotopic (exact) mass is 308 g/mol. The summed E-state index contributed by atoms with van der Waals surface area (Å²) in [5.41, 5.74) is 7.71. The zero-order valence-electron chi connectivity index (χ0n) is 15.4. The maximum absolute atomic E-state index is 3.80. The fourth-order valence-electron chi connectivity index (χ4n) is 3.80. The predicted molar refractivity (Wildman–Crippen MR) is 103 cm³/mol. The van der Waals surface area contributed by atoms with Crippen LogP contribution in [-0.4, -0.2) is 0 Å². The summed E-state index contributed by atoms with van der Waals surface area (Å²) in [6.45, 7) is 13.1. The molecule has 0 unspecified atom stereocenters. The van der Waals surface area contributed by atoms with Crippen LogP contribution in [0.4, 0.5) is 0 Å². The van der Waals surface area contributed by atoms with E-state index in [1.165, 1.54) is 48.8 Å². The van der Waals surface area contributed by atoms with Crippen molar-refractivity contribution in [1.82, 2.24) is 0 Å². The van der Waals surface area contributed by atoms with Gasteiger partial charge < -0.3 is 0 Å². The molecule has 0 aromatic heterocycles. The van der Waals surface area contributed by atoms with Crippen molar-refractivity contribution in [1.29, 1.82) is 0 Å². The summed E-state index contributed by atoms with van der Waals surface area (Å²) in [7, 11) is 0. The van der Waals surface area contributed by atoms with E-state index in [0.717, 1.165) is 6.42 Å². The molecule has 0 saturated carbocycles. The van der Waals surface area contributed by atoms with Crippen LogP contribution in [0, 0.1) is 5.41 Å². The third-order valence-corrected chi connectivity index (χ3v) is 5.29. The molecule has 0 nitrogen and oxygen atoms in total. The smallest absolute Gasteiger partial charge is 0.0104 e. The van der Waals surface area contributed by atoms with Gasteiger partial charge in [-0.05, 0) is 80.1 Å². The standard InChI is InChI=1S/C23H32/c1-6-9-20-11-7-12-21(15-14-20)18(2)13-16-22-19(3)10-8-17-23(22,4)5/h6,9,13-16H,1,7-8,10-12,17H2,2-5H3/b16-13+,20-9+,21-18+. The topological polar surface area (TPSA) is 0 Å². The lowest BCUT2D eigenvalue weighted by molar-refractivity contribution is 0.377. The van der Waals surface area contributed by atoms with Gasteiger partial charge in [0, 0.05) is 0 Å². The Morgan fingerprint density at radius 3 is 2.61 bits per heavy atom. The van der Waals surface area contributed by atoms with E-state index >= 15 is 0 Å². The molecule has 0 saturated heterocycles. The zero-order chi connectivity index (χ0) is 16.9. The highest BCUT2D eigenvalue weighted by Gasteiger charge is 2.26. The van der Waals surface area contributed by atoms with Crippen molar-refractivity contribution in [2.45, 2.75) is 66.2 Å². The van der Waals surface area contributed by atoms with E-state index in [-0.39, 0.29) is 0 Å². The average molecular weight is 309 g/mol. The number of rotatable bonds is 3. The summed E-state index contributed by atoms with van der Waals surface area (Å²) in [5, 5.41) is 0. The van der Waals surface area contributed by atoms with E-state index in [4.69, 9.17) is 0 Å². The van der Waals surface area contributed by atoms with Crippen molar-refractivity contribution >= 4 is 0 Å². The molecule has 0 aromatic carbocycles. The van der Waals surface area contributed by atoms with Crippen molar-refractivity contribution in [3.8, 4) is 0 Å². The number of hydrogen-bond donors (Lipinski definition) is 0. The molecule has 0 heterocycles. The van der Waals surface area contributed by atoms with Gasteiger partial charge in [-0.1, -0.05) is 62.5 Å². The molecule has 124 valence electrons. The molecule has 0 fully saturated rings. The van der Waals surface area contributed by atoms with Gasteiger partial charge in [-0.2, -0.15) is 0 Å². The van der Waals surface area contributed by atoms with Gasteiger partial charge in [0.1, 0.15) is 0 Å². The van der Waals surface area contributed by atoms with Gasteiger partial charge in [0.25, 0.3) is 0 Å². The fraction of sp³-hybridized carbons (Fsp3) is 0.478. The highest BCUT2D eigenvalue weighted by molar-refractivity contribution is 5.41. The van der Waals surface area contributed by atoms with Crippen molar-refractivity contribution in [3.05, 3.63) is 70.9 Å². The van der Waals surface area contributed by atoms with Crippen molar-refractivity contribution in [2.24, 2.45) is 5.41 Å². The van der Waals surface area contributed by atoms with Crippen molar-refractivity contribution in [2.75, 3.05) is 0 Å². The molecule has 2 aliphatic rings. The minimum atomic E-state index is 0.322. The predicted octanol–water partition coefficient (Wildman–Crippen LogP) is 7.24. The summed E-state index contributed by atoms with van der Waals surface area (Å²) in [6.07, 6.45) is 20.7. The fourth-order valence-corrected chi connectivity index (χ4v) is 3.80. The SMILES string of the molecule is C=C/C=C1C=C/C(=C(C)/C=C/C2=C(C)CCCC2(C)C)CCC/1. The maximum Gasteiger partial charge on any atom is -0.0104 e. The normalized spacial score (nSPS) is 25.8. The first-order valence-electron chi connectivity index (χ1n) is 9.02. The van der Waals surface area contributed by atoms with Crippen LogP contribution in [0.3, 0.4) is 0 Å². The van der Waals surface area contributed by atoms with Crippen LogP contribution in [0.1, 0.15) is 66.2 Å². The van der Waals surface area contributed by atoms with Crippen LogP contribution < -0.4 is 0 Å². The van der Waals surface area contributed by atoms with E-state index in [1.807, 2.05) is 6.08 Å². The lowest BCUT2D eigenvalue weighted by atomic mass is 9.72. The Bertz CT molecular complexity index is 600. The molecule has 0 heteroatoms. The summed E-state index contributed by atoms with van der Waals surface area (Å²) >= 11 is 0. The molecule has 0 aliphatic heterocycles. The van der Waals surface area contributed by atoms with E-state index in [2.05, 4.69) is 64.7 Å². The Balaban J connectivity index is 2.23. The molecule has 2 aliphatic carbocycles. The summed E-state index contributed by atoms with van der Waals surface area (Å²) in [6, 6.07) is 0. The lowest BCUT2D eigenvalue weighted by Gasteiger charge is -2.33. The molecule has 23 heavy (non-hydrogen) atoms. The van der Waals surface area contributed by atoms with Crippen LogP contribution in [0.2, 0.25) is 0 Å². The molecule has 0 bridgehead atoms. The number of hydrogen-bond acceptors (Lipinski definition) is 0. The van der Waals surface area contributed by atoms with E-state index in [0.29, 0.717) is 5.41 Å². The first-order valence-corrected chi connectivity index (χ1v) is 9.02. The van der Waals surface area contributed by atoms with Gasteiger partial charge in [-0.3, -0.25) is 0 Å². The average Bonchev–Trinajstić information content (AvgIpc) is 2.72. The van der Waals surface area contributed by atoms with Crippen molar-refractivity contribution in [3.63, 3.8) is 0 Å². The van der Waals surface area contributed by atoms with Gasteiger partial charge in [-0.25, -0.2) is 0 Å². The van der Waals surface area contributed by atoms with E-state index in [9.17, 15) is 0 Å². The molecule has 0 radical (unpaired) electrons. The minimum Gasteiger partial charge on any atom is -0.0991 e. The Hall–Kier alpha value is -1.56.